The summed E-state index contributed by atoms with van der Waals surface area (Å²) in [6.07, 6.45) is 3.78. The van der Waals surface area contributed by atoms with Crippen LogP contribution >= 0.6 is 0 Å². The van der Waals surface area contributed by atoms with Gasteiger partial charge in [0.2, 0.25) is 0 Å². The highest BCUT2D eigenvalue weighted by molar-refractivity contribution is 5.49. The van der Waals surface area contributed by atoms with E-state index in [2.05, 4.69) is 16.4 Å². The Morgan fingerprint density at radius 3 is 3.06 bits per heavy atom. The Morgan fingerprint density at radius 1 is 1.33 bits per heavy atom. The fraction of sp³-hybridized carbons (Fsp3) is 0.267. The molecule has 1 N–H and O–H groups in total. The maximum atomic E-state index is 13.8. The highest BCUT2D eigenvalue weighted by atomic mass is 19.1. The summed E-state index contributed by atoms with van der Waals surface area (Å²) < 4.78 is 13.8. The summed E-state index contributed by atoms with van der Waals surface area (Å²) >= 11 is 0. The lowest BCUT2D eigenvalue weighted by Crippen LogP contribution is -2.09. The van der Waals surface area contributed by atoms with Crippen molar-refractivity contribution in [3.8, 4) is 0 Å². The van der Waals surface area contributed by atoms with Crippen LogP contribution in [0.25, 0.3) is 0 Å². The number of aryl methyl sites for hydroxylation is 2. The van der Waals surface area contributed by atoms with Crippen molar-refractivity contribution in [2.24, 2.45) is 0 Å². The topological polar surface area (TPSA) is 24.9 Å². The van der Waals surface area contributed by atoms with E-state index in [0.29, 0.717) is 5.69 Å². The number of hydrogen-bond donors (Lipinski definition) is 1. The molecule has 0 bridgehead atoms. The van der Waals surface area contributed by atoms with Gasteiger partial charge >= 0.3 is 0 Å². The smallest absolute Gasteiger partial charge is 0.146 e. The first-order valence-corrected chi connectivity index (χ1v) is 6.20. The average Bonchev–Trinajstić information content (AvgIpc) is 2.76. The third-order valence-corrected chi connectivity index (χ3v) is 3.41. The third-order valence-electron chi connectivity index (χ3n) is 3.41. The van der Waals surface area contributed by atoms with Crippen LogP contribution in [0, 0.1) is 12.7 Å². The summed E-state index contributed by atoms with van der Waals surface area (Å²) in [6, 6.07) is 9.43. The average molecular weight is 242 g/mol. The molecular formula is C15H15FN2. The minimum atomic E-state index is -0.195. The number of pyridine rings is 1. The molecule has 1 atom stereocenters. The van der Waals surface area contributed by atoms with Crippen LogP contribution in [0.2, 0.25) is 0 Å². The molecule has 0 amide bonds. The molecule has 1 aliphatic rings. The zero-order valence-electron chi connectivity index (χ0n) is 10.3. The Labute approximate surface area is 106 Å². The Balaban J connectivity index is 1.86. The molecule has 0 fully saturated rings. The number of benzene rings is 1. The van der Waals surface area contributed by atoms with E-state index in [1.54, 1.807) is 18.3 Å². The lowest BCUT2D eigenvalue weighted by molar-refractivity contribution is 0.623. The van der Waals surface area contributed by atoms with Crippen molar-refractivity contribution in [2.45, 2.75) is 25.8 Å². The van der Waals surface area contributed by atoms with E-state index >= 15 is 0 Å². The highest BCUT2D eigenvalue weighted by Gasteiger charge is 2.23. The third kappa shape index (κ3) is 1.96. The van der Waals surface area contributed by atoms with Gasteiger partial charge in [-0.25, -0.2) is 4.39 Å². The van der Waals surface area contributed by atoms with Gasteiger partial charge < -0.3 is 5.32 Å². The zero-order chi connectivity index (χ0) is 12.5. The second-order valence-electron chi connectivity index (χ2n) is 4.77. The molecule has 1 aromatic carbocycles. The van der Waals surface area contributed by atoms with Gasteiger partial charge in [-0.1, -0.05) is 12.1 Å². The van der Waals surface area contributed by atoms with Crippen LogP contribution in [-0.4, -0.2) is 4.98 Å². The van der Waals surface area contributed by atoms with E-state index in [9.17, 15) is 4.39 Å². The normalized spacial score (nSPS) is 17.6. The molecule has 2 nitrogen and oxygen atoms in total. The van der Waals surface area contributed by atoms with Crippen LogP contribution < -0.4 is 5.32 Å². The number of hydrogen-bond acceptors (Lipinski definition) is 2. The van der Waals surface area contributed by atoms with Gasteiger partial charge in [-0.3, -0.25) is 4.98 Å². The molecule has 1 aliphatic carbocycles. The van der Waals surface area contributed by atoms with Gasteiger partial charge in [0.05, 0.1) is 17.4 Å². The van der Waals surface area contributed by atoms with Crippen molar-refractivity contribution in [1.82, 2.24) is 4.98 Å². The fourth-order valence-corrected chi connectivity index (χ4v) is 2.48. The van der Waals surface area contributed by atoms with Gasteiger partial charge in [0, 0.05) is 6.20 Å². The Morgan fingerprint density at radius 2 is 2.22 bits per heavy atom. The lowest BCUT2D eigenvalue weighted by atomic mass is 10.1. The molecule has 0 saturated carbocycles. The predicted octanol–water partition coefficient (Wildman–Crippen LogP) is 3.63. The number of halogens is 1. The second-order valence-corrected chi connectivity index (χ2v) is 4.77. The Bertz CT molecular complexity index is 580. The first kappa shape index (κ1) is 11.2. The zero-order valence-corrected chi connectivity index (χ0v) is 10.3. The molecule has 3 rings (SSSR count). The SMILES string of the molecule is Cc1ccc(NC2CCc3cccnc32)c(F)c1. The Kier molecular flexibility index (Phi) is 2.74. The van der Waals surface area contributed by atoms with Crippen LogP contribution in [0.1, 0.15) is 29.3 Å². The molecule has 2 aromatic rings. The van der Waals surface area contributed by atoms with Gasteiger partial charge in [-0.15, -0.1) is 0 Å². The fourth-order valence-electron chi connectivity index (χ4n) is 2.48. The van der Waals surface area contributed by atoms with Gasteiger partial charge in [0.1, 0.15) is 5.82 Å². The van der Waals surface area contributed by atoms with Crippen LogP contribution in [0.15, 0.2) is 36.5 Å². The van der Waals surface area contributed by atoms with Gasteiger partial charge in [0.15, 0.2) is 0 Å². The van der Waals surface area contributed by atoms with Gasteiger partial charge in [0.25, 0.3) is 0 Å². The lowest BCUT2D eigenvalue weighted by Gasteiger charge is -2.15. The molecule has 0 radical (unpaired) electrons. The maximum Gasteiger partial charge on any atom is 0.146 e. The van der Waals surface area contributed by atoms with Crippen LogP contribution in [0.5, 0.6) is 0 Å². The quantitative estimate of drug-likeness (QED) is 0.869. The van der Waals surface area contributed by atoms with E-state index in [-0.39, 0.29) is 11.9 Å². The van der Waals surface area contributed by atoms with E-state index in [4.69, 9.17) is 0 Å². The van der Waals surface area contributed by atoms with Crippen molar-refractivity contribution < 1.29 is 4.39 Å². The van der Waals surface area contributed by atoms with Crippen molar-refractivity contribution >= 4 is 5.69 Å². The molecule has 1 unspecified atom stereocenters. The van der Waals surface area contributed by atoms with Crippen LogP contribution in [0.4, 0.5) is 10.1 Å². The number of anilines is 1. The molecule has 1 aromatic heterocycles. The summed E-state index contributed by atoms with van der Waals surface area (Å²) in [5, 5.41) is 3.26. The minimum Gasteiger partial charge on any atom is -0.374 e. The largest absolute Gasteiger partial charge is 0.374 e. The summed E-state index contributed by atoms with van der Waals surface area (Å²) in [5.41, 5.74) is 3.81. The van der Waals surface area contributed by atoms with Crippen molar-refractivity contribution in [3.05, 3.63) is 59.2 Å². The van der Waals surface area contributed by atoms with Gasteiger partial charge in [-0.2, -0.15) is 0 Å². The molecule has 1 heterocycles. The molecule has 18 heavy (non-hydrogen) atoms. The van der Waals surface area contributed by atoms with E-state index < -0.39 is 0 Å². The number of rotatable bonds is 2. The standard InChI is InChI=1S/C15H15FN2/c1-10-4-6-13(12(16)9-10)18-14-7-5-11-3-2-8-17-15(11)14/h2-4,6,8-9,14,18H,5,7H2,1H3. The predicted molar refractivity (Wildman–Crippen MR) is 70.1 cm³/mol. The molecule has 92 valence electrons. The first-order chi connectivity index (χ1) is 8.74. The number of nitrogens with one attached hydrogen (secondary N) is 1. The van der Waals surface area contributed by atoms with E-state index in [1.807, 2.05) is 19.1 Å². The summed E-state index contributed by atoms with van der Waals surface area (Å²) in [5.74, 6) is -0.195. The molecule has 0 spiro atoms. The van der Waals surface area contributed by atoms with Crippen molar-refractivity contribution in [2.75, 3.05) is 5.32 Å². The molecular weight excluding hydrogens is 227 g/mol. The second kappa shape index (κ2) is 4.41. The first-order valence-electron chi connectivity index (χ1n) is 6.20. The van der Waals surface area contributed by atoms with Crippen molar-refractivity contribution in [3.63, 3.8) is 0 Å². The molecule has 0 saturated heterocycles. The minimum absolute atomic E-state index is 0.124. The number of nitrogens with zero attached hydrogens (tertiary/aromatic N) is 1. The highest BCUT2D eigenvalue weighted by Crippen LogP contribution is 2.32. The van der Waals surface area contributed by atoms with E-state index in [0.717, 1.165) is 24.1 Å². The Hall–Kier alpha value is -1.90. The monoisotopic (exact) mass is 242 g/mol. The number of aromatic nitrogens is 1. The van der Waals surface area contributed by atoms with Crippen LogP contribution in [-0.2, 0) is 6.42 Å². The summed E-state index contributed by atoms with van der Waals surface area (Å²) in [4.78, 5) is 4.40. The van der Waals surface area contributed by atoms with Gasteiger partial charge in [-0.05, 0) is 49.1 Å². The van der Waals surface area contributed by atoms with E-state index in [1.165, 1.54) is 5.56 Å². The van der Waals surface area contributed by atoms with Crippen LogP contribution in [0.3, 0.4) is 0 Å². The maximum absolute atomic E-state index is 13.8. The molecule has 3 heteroatoms. The van der Waals surface area contributed by atoms with Crippen molar-refractivity contribution in [1.29, 1.82) is 0 Å². The molecule has 0 aliphatic heterocycles. The summed E-state index contributed by atoms with van der Waals surface area (Å²) in [6.45, 7) is 1.89. The summed E-state index contributed by atoms with van der Waals surface area (Å²) in [7, 11) is 0. The number of fused-ring (bicyclic) bond motifs is 1.